The van der Waals surface area contributed by atoms with E-state index in [9.17, 15) is 19.3 Å². The van der Waals surface area contributed by atoms with Crippen molar-refractivity contribution in [2.45, 2.75) is 0 Å². The molecule has 0 atom stereocenters. The van der Waals surface area contributed by atoms with Crippen LogP contribution in [0, 0.1) is 15.9 Å². The van der Waals surface area contributed by atoms with Gasteiger partial charge in [0.15, 0.2) is 5.11 Å². The first-order valence-corrected chi connectivity index (χ1v) is 8.72. The Morgan fingerprint density at radius 1 is 1.14 bits per heavy atom. The van der Waals surface area contributed by atoms with E-state index in [1.54, 1.807) is 12.1 Å². The smallest absolute Gasteiger partial charge is 0.306 e. The number of nitro groups is 1. The van der Waals surface area contributed by atoms with Crippen LogP contribution in [-0.2, 0) is 4.79 Å². The quantitative estimate of drug-likeness (QED) is 0.277. The van der Waals surface area contributed by atoms with E-state index in [1.165, 1.54) is 18.2 Å². The molecule has 3 rings (SSSR count). The molecule has 2 aromatic carbocycles. The highest BCUT2D eigenvalue weighted by Gasteiger charge is 2.15. The summed E-state index contributed by atoms with van der Waals surface area (Å²) in [6.07, 6.45) is 2.71. The molecule has 0 aliphatic rings. The number of nitro benzene ring substituents is 1. The Balaban J connectivity index is 1.58. The molecule has 0 aliphatic heterocycles. The van der Waals surface area contributed by atoms with Gasteiger partial charge in [-0.1, -0.05) is 30.3 Å². The molecule has 2 N–H and O–H groups in total. The van der Waals surface area contributed by atoms with E-state index in [4.69, 9.17) is 16.6 Å². The van der Waals surface area contributed by atoms with Crippen molar-refractivity contribution in [1.82, 2.24) is 5.32 Å². The standard InChI is InChI=1S/C20H14FN3O4S/c21-16-9-6-14(12-17(16)24(26)27)22-20(29)23-19(25)11-8-15-7-10-18(28-15)13-4-2-1-3-5-13/h1-12H,(H2,22,23,25,29)/b11-8+. The second kappa shape index (κ2) is 8.89. The number of nitrogens with zero attached hydrogens (tertiary/aromatic N) is 1. The molecular weight excluding hydrogens is 397 g/mol. The Morgan fingerprint density at radius 2 is 1.90 bits per heavy atom. The lowest BCUT2D eigenvalue weighted by molar-refractivity contribution is -0.387. The maximum atomic E-state index is 13.3. The van der Waals surface area contributed by atoms with Crippen LogP contribution >= 0.6 is 12.2 Å². The predicted molar refractivity (Wildman–Crippen MR) is 111 cm³/mol. The second-order valence-corrected chi connectivity index (χ2v) is 6.18. The Hall–Kier alpha value is -3.85. The summed E-state index contributed by atoms with van der Waals surface area (Å²) < 4.78 is 19.0. The monoisotopic (exact) mass is 411 g/mol. The van der Waals surface area contributed by atoms with Crippen LogP contribution in [0.4, 0.5) is 15.8 Å². The van der Waals surface area contributed by atoms with Gasteiger partial charge in [-0.15, -0.1) is 0 Å². The van der Waals surface area contributed by atoms with Gasteiger partial charge in [0.05, 0.1) is 4.92 Å². The van der Waals surface area contributed by atoms with Gasteiger partial charge in [0, 0.05) is 23.4 Å². The SMILES string of the molecule is O=C(/C=C/c1ccc(-c2ccccc2)o1)NC(=S)Nc1ccc(F)c([N+](=O)[O-])c1. The van der Waals surface area contributed by atoms with Crippen molar-refractivity contribution in [2.24, 2.45) is 0 Å². The number of benzene rings is 2. The molecule has 0 radical (unpaired) electrons. The van der Waals surface area contributed by atoms with Gasteiger partial charge in [0.25, 0.3) is 0 Å². The molecule has 0 spiro atoms. The zero-order chi connectivity index (χ0) is 20.8. The van der Waals surface area contributed by atoms with Crippen LogP contribution in [0.15, 0.2) is 71.2 Å². The lowest BCUT2D eigenvalue weighted by atomic mass is 10.2. The molecular formula is C20H14FN3O4S. The zero-order valence-corrected chi connectivity index (χ0v) is 15.6. The van der Waals surface area contributed by atoms with Gasteiger partial charge < -0.3 is 9.73 Å². The number of halogens is 1. The van der Waals surface area contributed by atoms with Crippen LogP contribution < -0.4 is 10.6 Å². The number of furan rings is 1. The van der Waals surface area contributed by atoms with Crippen LogP contribution in [0.3, 0.4) is 0 Å². The van der Waals surface area contributed by atoms with Gasteiger partial charge in [-0.2, -0.15) is 4.39 Å². The first kappa shape index (κ1) is 19.9. The molecule has 29 heavy (non-hydrogen) atoms. The first-order valence-electron chi connectivity index (χ1n) is 8.31. The molecule has 9 heteroatoms. The second-order valence-electron chi connectivity index (χ2n) is 5.77. The summed E-state index contributed by atoms with van der Waals surface area (Å²) in [6.45, 7) is 0. The van der Waals surface area contributed by atoms with Crippen molar-refractivity contribution < 1.29 is 18.5 Å². The van der Waals surface area contributed by atoms with Gasteiger partial charge >= 0.3 is 5.69 Å². The minimum atomic E-state index is -0.966. The van der Waals surface area contributed by atoms with Crippen LogP contribution in [0.1, 0.15) is 5.76 Å². The molecule has 0 fully saturated rings. The number of hydrogen-bond acceptors (Lipinski definition) is 5. The van der Waals surface area contributed by atoms with Crippen LogP contribution in [0.25, 0.3) is 17.4 Å². The van der Waals surface area contributed by atoms with E-state index in [2.05, 4.69) is 10.6 Å². The van der Waals surface area contributed by atoms with Gasteiger partial charge in [-0.3, -0.25) is 20.2 Å². The lowest BCUT2D eigenvalue weighted by Crippen LogP contribution is -2.32. The lowest BCUT2D eigenvalue weighted by Gasteiger charge is -2.08. The highest BCUT2D eigenvalue weighted by atomic mass is 32.1. The Labute approximate surface area is 170 Å². The minimum absolute atomic E-state index is 0.0926. The van der Waals surface area contributed by atoms with Gasteiger partial charge in [-0.05, 0) is 42.6 Å². The van der Waals surface area contributed by atoms with E-state index < -0.39 is 22.3 Å². The highest BCUT2D eigenvalue weighted by molar-refractivity contribution is 7.80. The fraction of sp³-hybridized carbons (Fsp3) is 0. The van der Waals surface area contributed by atoms with Crippen molar-refractivity contribution >= 4 is 40.7 Å². The first-order chi connectivity index (χ1) is 13.9. The highest BCUT2D eigenvalue weighted by Crippen LogP contribution is 2.23. The van der Waals surface area contributed by atoms with Crippen LogP contribution in [0.5, 0.6) is 0 Å². The average molecular weight is 411 g/mol. The van der Waals surface area contributed by atoms with Crippen LogP contribution in [0.2, 0.25) is 0 Å². The number of rotatable bonds is 5. The van der Waals surface area contributed by atoms with E-state index in [1.807, 2.05) is 30.3 Å². The van der Waals surface area contributed by atoms with E-state index in [0.717, 1.165) is 17.7 Å². The van der Waals surface area contributed by atoms with Gasteiger partial charge in [-0.25, -0.2) is 0 Å². The number of carbonyl (C=O) groups is 1. The molecule has 0 aliphatic carbocycles. The maximum absolute atomic E-state index is 13.3. The molecule has 0 saturated heterocycles. The third-order valence-electron chi connectivity index (χ3n) is 3.72. The normalized spacial score (nSPS) is 10.7. The van der Waals surface area contributed by atoms with Crippen molar-refractivity contribution in [3.63, 3.8) is 0 Å². The topological polar surface area (TPSA) is 97.4 Å². The largest absolute Gasteiger partial charge is 0.457 e. The Bertz CT molecular complexity index is 1100. The summed E-state index contributed by atoms with van der Waals surface area (Å²) in [4.78, 5) is 21.9. The number of thiocarbonyl (C=S) groups is 1. The summed E-state index contributed by atoms with van der Waals surface area (Å²) in [5.41, 5.74) is 0.386. The molecule has 1 aromatic heterocycles. The average Bonchev–Trinajstić information content (AvgIpc) is 3.17. The maximum Gasteiger partial charge on any atom is 0.306 e. The van der Waals surface area contributed by atoms with Crippen molar-refractivity contribution in [3.05, 3.63) is 88.4 Å². The third-order valence-corrected chi connectivity index (χ3v) is 3.93. The molecule has 0 saturated carbocycles. The molecule has 7 nitrogen and oxygen atoms in total. The van der Waals surface area contributed by atoms with Crippen molar-refractivity contribution in [3.8, 4) is 11.3 Å². The van der Waals surface area contributed by atoms with Gasteiger partial charge in [0.1, 0.15) is 11.5 Å². The molecule has 1 heterocycles. The number of hydrogen-bond donors (Lipinski definition) is 2. The van der Waals surface area contributed by atoms with Gasteiger partial charge in [0.2, 0.25) is 11.7 Å². The summed E-state index contributed by atoms with van der Waals surface area (Å²) in [5.74, 6) is -0.351. The molecule has 146 valence electrons. The Morgan fingerprint density at radius 3 is 2.62 bits per heavy atom. The van der Waals surface area contributed by atoms with E-state index >= 15 is 0 Å². The molecule has 1 amide bonds. The number of amides is 1. The fourth-order valence-corrected chi connectivity index (χ4v) is 2.62. The summed E-state index contributed by atoms with van der Waals surface area (Å²) >= 11 is 4.99. The van der Waals surface area contributed by atoms with E-state index in [0.29, 0.717) is 11.5 Å². The predicted octanol–water partition coefficient (Wildman–Crippen LogP) is 4.52. The third kappa shape index (κ3) is 5.33. The van der Waals surface area contributed by atoms with Crippen molar-refractivity contribution in [2.75, 3.05) is 5.32 Å². The van der Waals surface area contributed by atoms with E-state index in [-0.39, 0.29) is 10.8 Å². The van der Waals surface area contributed by atoms with Crippen LogP contribution in [-0.4, -0.2) is 15.9 Å². The summed E-state index contributed by atoms with van der Waals surface area (Å²) in [6, 6.07) is 16.2. The number of anilines is 1. The summed E-state index contributed by atoms with van der Waals surface area (Å²) in [5, 5.41) is 15.7. The zero-order valence-electron chi connectivity index (χ0n) is 14.8. The molecule has 0 bridgehead atoms. The number of carbonyl (C=O) groups excluding carboxylic acids is 1. The fourth-order valence-electron chi connectivity index (χ4n) is 2.40. The molecule has 0 unspecified atom stereocenters. The Kier molecular flexibility index (Phi) is 6.10. The van der Waals surface area contributed by atoms with Crippen molar-refractivity contribution in [1.29, 1.82) is 0 Å². The minimum Gasteiger partial charge on any atom is -0.457 e. The summed E-state index contributed by atoms with van der Waals surface area (Å²) in [7, 11) is 0. The molecule has 3 aromatic rings. The number of nitrogens with one attached hydrogen (secondary N) is 2.